The Morgan fingerprint density at radius 1 is 1.53 bits per heavy atom. The minimum absolute atomic E-state index is 0.00845. The van der Waals surface area contributed by atoms with Gasteiger partial charge in [-0.1, -0.05) is 6.07 Å². The fourth-order valence-corrected chi connectivity index (χ4v) is 2.96. The summed E-state index contributed by atoms with van der Waals surface area (Å²) in [4.78, 5) is 26.7. The molecule has 2 amide bonds. The molecule has 6 heteroatoms. The fourth-order valence-electron chi connectivity index (χ4n) is 2.27. The van der Waals surface area contributed by atoms with E-state index in [1.807, 2.05) is 17.5 Å². The molecule has 2 heterocycles. The highest BCUT2D eigenvalue weighted by atomic mass is 32.1. The number of carbonyl (C=O) groups excluding carboxylic acids is 2. The zero-order valence-corrected chi connectivity index (χ0v) is 11.6. The van der Waals surface area contributed by atoms with E-state index in [2.05, 4.69) is 5.32 Å². The van der Waals surface area contributed by atoms with Crippen molar-refractivity contribution in [1.29, 1.82) is 0 Å². The van der Waals surface area contributed by atoms with Crippen LogP contribution in [0.2, 0.25) is 0 Å². The van der Waals surface area contributed by atoms with Crippen LogP contribution < -0.4 is 11.1 Å². The standard InChI is InChI=1S/C13H19N3O2S/c14-5-6-15-12(17)10-3-1-7-16(9-10)13(18)11-4-2-8-19-11/h2,4,8,10H,1,3,5-7,9,14H2,(H,15,17). The quantitative estimate of drug-likeness (QED) is 0.852. The third kappa shape index (κ3) is 3.54. The average Bonchev–Trinajstić information content (AvgIpc) is 2.98. The first kappa shape index (κ1) is 14.0. The molecular weight excluding hydrogens is 262 g/mol. The Bertz CT molecular complexity index is 433. The molecule has 1 aliphatic heterocycles. The van der Waals surface area contributed by atoms with Gasteiger partial charge in [-0.15, -0.1) is 11.3 Å². The third-order valence-electron chi connectivity index (χ3n) is 3.25. The first-order valence-electron chi connectivity index (χ1n) is 6.53. The summed E-state index contributed by atoms with van der Waals surface area (Å²) < 4.78 is 0. The molecule has 1 aromatic heterocycles. The van der Waals surface area contributed by atoms with E-state index in [0.717, 1.165) is 24.3 Å². The van der Waals surface area contributed by atoms with Gasteiger partial charge in [0, 0.05) is 26.2 Å². The minimum atomic E-state index is -0.107. The number of nitrogens with two attached hydrogens (primary N) is 1. The zero-order chi connectivity index (χ0) is 13.7. The van der Waals surface area contributed by atoms with Crippen molar-refractivity contribution in [3.8, 4) is 0 Å². The first-order chi connectivity index (χ1) is 9.22. The Kier molecular flexibility index (Phi) is 4.93. The van der Waals surface area contributed by atoms with Gasteiger partial charge >= 0.3 is 0 Å². The van der Waals surface area contributed by atoms with Gasteiger partial charge in [0.15, 0.2) is 0 Å². The normalized spacial score (nSPS) is 19.2. The van der Waals surface area contributed by atoms with Crippen LogP contribution in [0, 0.1) is 5.92 Å². The summed E-state index contributed by atoms with van der Waals surface area (Å²) in [6.45, 7) is 2.18. The number of hydrogen-bond donors (Lipinski definition) is 2. The Morgan fingerprint density at radius 2 is 2.37 bits per heavy atom. The predicted octanol–water partition coefficient (Wildman–Crippen LogP) is 0.675. The molecule has 1 aliphatic rings. The largest absolute Gasteiger partial charge is 0.355 e. The van der Waals surface area contributed by atoms with Crippen molar-refractivity contribution in [3.63, 3.8) is 0 Å². The van der Waals surface area contributed by atoms with Gasteiger partial charge < -0.3 is 16.0 Å². The lowest BCUT2D eigenvalue weighted by molar-refractivity contribution is -0.126. The van der Waals surface area contributed by atoms with Crippen molar-refractivity contribution < 1.29 is 9.59 Å². The molecule has 3 N–H and O–H groups in total. The van der Waals surface area contributed by atoms with E-state index < -0.39 is 0 Å². The molecule has 2 rings (SSSR count). The molecule has 1 saturated heterocycles. The van der Waals surface area contributed by atoms with E-state index in [0.29, 0.717) is 19.6 Å². The number of nitrogens with zero attached hydrogens (tertiary/aromatic N) is 1. The highest BCUT2D eigenvalue weighted by Gasteiger charge is 2.28. The molecule has 0 bridgehead atoms. The summed E-state index contributed by atoms with van der Waals surface area (Å²) in [5.74, 6) is -0.0651. The molecule has 0 spiro atoms. The van der Waals surface area contributed by atoms with E-state index in [-0.39, 0.29) is 17.7 Å². The van der Waals surface area contributed by atoms with E-state index in [4.69, 9.17) is 5.73 Å². The van der Waals surface area contributed by atoms with Gasteiger partial charge in [-0.25, -0.2) is 0 Å². The lowest BCUT2D eigenvalue weighted by Gasteiger charge is -2.31. The van der Waals surface area contributed by atoms with Crippen molar-refractivity contribution in [1.82, 2.24) is 10.2 Å². The summed E-state index contributed by atoms with van der Waals surface area (Å²) >= 11 is 1.44. The molecule has 1 aromatic rings. The van der Waals surface area contributed by atoms with Gasteiger partial charge in [0.05, 0.1) is 10.8 Å². The van der Waals surface area contributed by atoms with Gasteiger partial charge in [-0.05, 0) is 24.3 Å². The number of nitrogens with one attached hydrogen (secondary N) is 1. The number of piperidine rings is 1. The predicted molar refractivity (Wildman–Crippen MR) is 75.0 cm³/mol. The Morgan fingerprint density at radius 3 is 3.05 bits per heavy atom. The van der Waals surface area contributed by atoms with Crippen LogP contribution in [0.3, 0.4) is 0 Å². The van der Waals surface area contributed by atoms with Gasteiger partial charge in [0.1, 0.15) is 0 Å². The van der Waals surface area contributed by atoms with Gasteiger partial charge in [-0.3, -0.25) is 9.59 Å². The second kappa shape index (κ2) is 6.68. The van der Waals surface area contributed by atoms with Gasteiger partial charge in [0.25, 0.3) is 5.91 Å². The van der Waals surface area contributed by atoms with Crippen LogP contribution in [0.1, 0.15) is 22.5 Å². The molecule has 1 fully saturated rings. The minimum Gasteiger partial charge on any atom is -0.355 e. The summed E-state index contributed by atoms with van der Waals surface area (Å²) in [5.41, 5.74) is 5.37. The summed E-state index contributed by atoms with van der Waals surface area (Å²) in [6.07, 6.45) is 1.71. The second-order valence-electron chi connectivity index (χ2n) is 4.65. The van der Waals surface area contributed by atoms with E-state index in [1.54, 1.807) is 4.90 Å². The Labute approximate surface area is 116 Å². The maximum Gasteiger partial charge on any atom is 0.263 e. The molecule has 0 radical (unpaired) electrons. The summed E-state index contributed by atoms with van der Waals surface area (Å²) in [5, 5.41) is 4.69. The van der Waals surface area contributed by atoms with Crippen molar-refractivity contribution in [2.45, 2.75) is 12.8 Å². The third-order valence-corrected chi connectivity index (χ3v) is 4.11. The maximum absolute atomic E-state index is 12.2. The fraction of sp³-hybridized carbons (Fsp3) is 0.538. The molecule has 0 aliphatic carbocycles. The Hall–Kier alpha value is -1.40. The number of hydrogen-bond acceptors (Lipinski definition) is 4. The van der Waals surface area contributed by atoms with E-state index >= 15 is 0 Å². The van der Waals surface area contributed by atoms with Crippen LogP contribution in [0.25, 0.3) is 0 Å². The highest BCUT2D eigenvalue weighted by Crippen LogP contribution is 2.20. The molecule has 19 heavy (non-hydrogen) atoms. The summed E-state index contributed by atoms with van der Waals surface area (Å²) in [7, 11) is 0. The van der Waals surface area contributed by atoms with Crippen molar-refractivity contribution in [2.24, 2.45) is 11.7 Å². The summed E-state index contributed by atoms with van der Waals surface area (Å²) in [6, 6.07) is 3.69. The van der Waals surface area contributed by atoms with Crippen LogP contribution in [0.15, 0.2) is 17.5 Å². The van der Waals surface area contributed by atoms with Gasteiger partial charge in [0.2, 0.25) is 5.91 Å². The van der Waals surface area contributed by atoms with Crippen molar-refractivity contribution in [2.75, 3.05) is 26.2 Å². The van der Waals surface area contributed by atoms with E-state index in [1.165, 1.54) is 11.3 Å². The first-order valence-corrected chi connectivity index (χ1v) is 7.41. The number of carbonyl (C=O) groups is 2. The highest BCUT2D eigenvalue weighted by molar-refractivity contribution is 7.12. The lowest BCUT2D eigenvalue weighted by atomic mass is 9.97. The molecular formula is C13H19N3O2S. The van der Waals surface area contributed by atoms with Crippen molar-refractivity contribution >= 4 is 23.2 Å². The van der Waals surface area contributed by atoms with Crippen LogP contribution in [-0.4, -0.2) is 42.9 Å². The average molecular weight is 281 g/mol. The van der Waals surface area contributed by atoms with Crippen LogP contribution in [0.4, 0.5) is 0 Å². The maximum atomic E-state index is 12.2. The molecule has 1 unspecified atom stereocenters. The van der Waals surface area contributed by atoms with Crippen LogP contribution >= 0.6 is 11.3 Å². The second-order valence-corrected chi connectivity index (χ2v) is 5.60. The lowest BCUT2D eigenvalue weighted by Crippen LogP contribution is -2.46. The van der Waals surface area contributed by atoms with Crippen LogP contribution in [-0.2, 0) is 4.79 Å². The molecule has 0 saturated carbocycles. The molecule has 1 atom stereocenters. The van der Waals surface area contributed by atoms with Crippen LogP contribution in [0.5, 0.6) is 0 Å². The SMILES string of the molecule is NCCNC(=O)C1CCCN(C(=O)c2cccs2)C1. The Balaban J connectivity index is 1.93. The number of thiophene rings is 1. The number of rotatable bonds is 4. The number of likely N-dealkylation sites (tertiary alicyclic amines) is 1. The number of amides is 2. The van der Waals surface area contributed by atoms with E-state index in [9.17, 15) is 9.59 Å². The molecule has 104 valence electrons. The molecule has 0 aromatic carbocycles. The van der Waals surface area contributed by atoms with Gasteiger partial charge in [-0.2, -0.15) is 0 Å². The topological polar surface area (TPSA) is 75.4 Å². The zero-order valence-electron chi connectivity index (χ0n) is 10.8. The van der Waals surface area contributed by atoms with Crippen molar-refractivity contribution in [3.05, 3.63) is 22.4 Å². The molecule has 5 nitrogen and oxygen atoms in total. The monoisotopic (exact) mass is 281 g/mol. The smallest absolute Gasteiger partial charge is 0.263 e.